The Hall–Kier alpha value is -2.94. The maximum absolute atomic E-state index is 6.06. The van der Waals surface area contributed by atoms with Gasteiger partial charge in [-0.15, -0.1) is 10.2 Å². The van der Waals surface area contributed by atoms with Crippen molar-refractivity contribution in [2.24, 2.45) is 0 Å². The minimum absolute atomic E-state index is 0.0650. The number of aryl methyl sites for hydroxylation is 1. The molecule has 0 amide bonds. The van der Waals surface area contributed by atoms with Crippen LogP contribution in [0.15, 0.2) is 54.7 Å². The van der Waals surface area contributed by atoms with E-state index in [4.69, 9.17) is 9.72 Å². The highest BCUT2D eigenvalue weighted by molar-refractivity contribution is 7.15. The molecule has 8 heteroatoms. The minimum atomic E-state index is -0.0650. The zero-order valence-electron chi connectivity index (χ0n) is 16.7. The first-order valence-electron chi connectivity index (χ1n) is 9.95. The van der Waals surface area contributed by atoms with E-state index in [0.717, 1.165) is 46.8 Å². The normalized spacial score (nSPS) is 17.3. The van der Waals surface area contributed by atoms with Gasteiger partial charge in [0, 0.05) is 31.2 Å². The average Bonchev–Trinajstić information content (AvgIpc) is 3.19. The monoisotopic (exact) mass is 418 g/mol. The van der Waals surface area contributed by atoms with Crippen molar-refractivity contribution in [1.29, 1.82) is 0 Å². The molecule has 1 atom stereocenters. The number of nitrogens with zero attached hydrogens (tertiary/aromatic N) is 5. The van der Waals surface area contributed by atoms with Crippen LogP contribution in [0.4, 0.5) is 10.9 Å². The second kappa shape index (κ2) is 8.43. The van der Waals surface area contributed by atoms with E-state index in [1.807, 2.05) is 37.4 Å². The van der Waals surface area contributed by atoms with Crippen molar-refractivity contribution in [3.63, 3.8) is 0 Å². The quantitative estimate of drug-likeness (QED) is 0.523. The first-order chi connectivity index (χ1) is 14.7. The van der Waals surface area contributed by atoms with Gasteiger partial charge in [-0.2, -0.15) is 0 Å². The van der Waals surface area contributed by atoms with Crippen LogP contribution in [0.5, 0.6) is 0 Å². The molecule has 4 heterocycles. The van der Waals surface area contributed by atoms with Crippen LogP contribution in [-0.2, 0) is 11.3 Å². The van der Waals surface area contributed by atoms with Crippen LogP contribution >= 0.6 is 11.3 Å². The molecule has 4 aromatic rings. The predicted octanol–water partition coefficient (Wildman–Crippen LogP) is 4.11. The molecule has 7 nitrogen and oxygen atoms in total. The van der Waals surface area contributed by atoms with Gasteiger partial charge in [-0.3, -0.25) is 9.88 Å². The zero-order chi connectivity index (χ0) is 20.3. The molecule has 0 aliphatic carbocycles. The Balaban J connectivity index is 1.31. The van der Waals surface area contributed by atoms with Crippen molar-refractivity contribution in [3.05, 3.63) is 71.0 Å². The SMILES string of the molecule is Cc1nnc(Nc2cccc([C@@H]3CN(Cc4cccc5ncccc45)CCO3)n2)s1. The molecular weight excluding hydrogens is 396 g/mol. The minimum Gasteiger partial charge on any atom is -0.369 e. The number of fused-ring (bicyclic) bond motifs is 1. The van der Waals surface area contributed by atoms with Crippen molar-refractivity contribution in [2.75, 3.05) is 25.0 Å². The zero-order valence-corrected chi connectivity index (χ0v) is 17.5. The fourth-order valence-electron chi connectivity index (χ4n) is 3.73. The Bertz CT molecular complexity index is 1160. The molecule has 1 fully saturated rings. The van der Waals surface area contributed by atoms with Crippen LogP contribution in [0.2, 0.25) is 0 Å². The van der Waals surface area contributed by atoms with Crippen LogP contribution in [0.1, 0.15) is 22.4 Å². The second-order valence-corrected chi connectivity index (χ2v) is 8.46. The fraction of sp³-hybridized carbons (Fsp3) is 0.273. The van der Waals surface area contributed by atoms with Gasteiger partial charge >= 0.3 is 0 Å². The third-order valence-corrected chi connectivity index (χ3v) is 5.90. The van der Waals surface area contributed by atoms with E-state index < -0.39 is 0 Å². The first-order valence-corrected chi connectivity index (χ1v) is 10.8. The largest absolute Gasteiger partial charge is 0.369 e. The van der Waals surface area contributed by atoms with Gasteiger partial charge in [0.1, 0.15) is 16.9 Å². The summed E-state index contributed by atoms with van der Waals surface area (Å²) in [6, 6.07) is 16.4. The van der Waals surface area contributed by atoms with Crippen molar-refractivity contribution in [3.8, 4) is 0 Å². The number of hydrogen-bond acceptors (Lipinski definition) is 8. The number of hydrogen-bond donors (Lipinski definition) is 1. The number of anilines is 2. The van der Waals surface area contributed by atoms with E-state index >= 15 is 0 Å². The van der Waals surface area contributed by atoms with E-state index in [1.54, 1.807) is 0 Å². The van der Waals surface area contributed by atoms with Crippen molar-refractivity contribution in [2.45, 2.75) is 19.6 Å². The van der Waals surface area contributed by atoms with E-state index in [2.05, 4.69) is 49.7 Å². The molecule has 0 bridgehead atoms. The maximum Gasteiger partial charge on any atom is 0.211 e. The van der Waals surface area contributed by atoms with Gasteiger partial charge in [-0.1, -0.05) is 35.6 Å². The summed E-state index contributed by atoms with van der Waals surface area (Å²) in [4.78, 5) is 11.7. The van der Waals surface area contributed by atoms with Gasteiger partial charge in [-0.05, 0) is 36.8 Å². The lowest BCUT2D eigenvalue weighted by molar-refractivity contribution is -0.0348. The second-order valence-electron chi connectivity index (χ2n) is 7.28. The van der Waals surface area contributed by atoms with E-state index in [1.165, 1.54) is 22.3 Å². The summed E-state index contributed by atoms with van der Waals surface area (Å²) in [6.45, 7) is 5.18. The standard InChI is InChI=1S/C22H22N6OS/c1-15-26-27-22(30-15)25-21-9-3-8-19(24-21)20-14-28(11-12-29-20)13-16-5-2-7-18-17(16)6-4-10-23-18/h2-10,20H,11-14H2,1H3,(H,24,25,27)/t20-/m0/s1. The number of pyridine rings is 2. The highest BCUT2D eigenvalue weighted by Gasteiger charge is 2.24. The smallest absolute Gasteiger partial charge is 0.211 e. The number of rotatable bonds is 5. The summed E-state index contributed by atoms with van der Waals surface area (Å²) in [5.74, 6) is 0.754. The molecule has 1 saturated heterocycles. The van der Waals surface area contributed by atoms with Gasteiger partial charge in [-0.25, -0.2) is 4.98 Å². The Morgan fingerprint density at radius 1 is 1.13 bits per heavy atom. The van der Waals surface area contributed by atoms with Crippen LogP contribution < -0.4 is 5.32 Å². The summed E-state index contributed by atoms with van der Waals surface area (Å²) in [5.41, 5.74) is 3.24. The fourth-order valence-corrected chi connectivity index (χ4v) is 4.33. The van der Waals surface area contributed by atoms with Crippen molar-refractivity contribution >= 4 is 33.2 Å². The van der Waals surface area contributed by atoms with E-state index in [9.17, 15) is 0 Å². The summed E-state index contributed by atoms with van der Waals surface area (Å²) in [6.07, 6.45) is 1.77. The molecule has 152 valence electrons. The topological polar surface area (TPSA) is 76.1 Å². The Labute approximate surface area is 178 Å². The maximum atomic E-state index is 6.06. The molecule has 0 radical (unpaired) electrons. The highest BCUT2D eigenvalue weighted by atomic mass is 32.1. The Kier molecular flexibility index (Phi) is 5.35. The van der Waals surface area contributed by atoms with Gasteiger partial charge in [0.15, 0.2) is 0 Å². The Morgan fingerprint density at radius 2 is 2.07 bits per heavy atom. The number of benzene rings is 1. The molecule has 1 N–H and O–H groups in total. The number of aromatic nitrogens is 4. The molecule has 0 spiro atoms. The summed E-state index contributed by atoms with van der Waals surface area (Å²) >= 11 is 1.51. The summed E-state index contributed by atoms with van der Waals surface area (Å²) < 4.78 is 6.06. The lowest BCUT2D eigenvalue weighted by Crippen LogP contribution is -2.38. The highest BCUT2D eigenvalue weighted by Crippen LogP contribution is 2.26. The molecule has 0 unspecified atom stereocenters. The van der Waals surface area contributed by atoms with Gasteiger partial charge in [0.25, 0.3) is 0 Å². The number of morpholine rings is 1. The summed E-state index contributed by atoms with van der Waals surface area (Å²) in [7, 11) is 0. The number of nitrogens with one attached hydrogen (secondary N) is 1. The molecule has 1 aliphatic heterocycles. The van der Waals surface area contributed by atoms with E-state index in [0.29, 0.717) is 6.61 Å². The molecule has 0 saturated carbocycles. The first kappa shape index (κ1) is 19.0. The molecule has 5 rings (SSSR count). The predicted molar refractivity (Wildman–Crippen MR) is 118 cm³/mol. The third kappa shape index (κ3) is 4.16. The van der Waals surface area contributed by atoms with Gasteiger partial charge in [0.05, 0.1) is 17.8 Å². The van der Waals surface area contributed by atoms with Crippen LogP contribution in [0, 0.1) is 6.92 Å². The molecule has 1 aliphatic rings. The van der Waals surface area contributed by atoms with Gasteiger partial charge < -0.3 is 10.1 Å². The van der Waals surface area contributed by atoms with E-state index in [-0.39, 0.29) is 6.10 Å². The lowest BCUT2D eigenvalue weighted by atomic mass is 10.1. The third-order valence-electron chi connectivity index (χ3n) is 5.14. The molecular formula is C22H22N6OS. The van der Waals surface area contributed by atoms with Crippen LogP contribution in [0.3, 0.4) is 0 Å². The lowest BCUT2D eigenvalue weighted by Gasteiger charge is -2.33. The molecule has 3 aromatic heterocycles. The Morgan fingerprint density at radius 3 is 2.97 bits per heavy atom. The van der Waals surface area contributed by atoms with Crippen LogP contribution in [-0.4, -0.2) is 44.8 Å². The van der Waals surface area contributed by atoms with Crippen molar-refractivity contribution in [1.82, 2.24) is 25.1 Å². The molecule has 1 aromatic carbocycles. The van der Waals surface area contributed by atoms with Gasteiger partial charge in [0.2, 0.25) is 5.13 Å². The summed E-state index contributed by atoms with van der Waals surface area (Å²) in [5, 5.41) is 14.3. The average molecular weight is 419 g/mol. The number of ether oxygens (including phenoxy) is 1. The van der Waals surface area contributed by atoms with Crippen LogP contribution in [0.25, 0.3) is 10.9 Å². The van der Waals surface area contributed by atoms with Crippen molar-refractivity contribution < 1.29 is 4.74 Å². The molecule has 30 heavy (non-hydrogen) atoms.